The number of nitrogens with zero attached hydrogens (tertiary/aromatic N) is 2. The Labute approximate surface area is 142 Å². The van der Waals surface area contributed by atoms with E-state index in [0.717, 1.165) is 3.57 Å². The SMILES string of the molecule is COC(=O)CSc1nnc(NC(=O)c2cccc(I)c2)s1. The molecule has 0 fully saturated rings. The van der Waals surface area contributed by atoms with Crippen LogP contribution in [0.3, 0.4) is 0 Å². The number of hydrogen-bond donors (Lipinski definition) is 1. The average Bonchev–Trinajstić information content (AvgIpc) is 2.92. The van der Waals surface area contributed by atoms with E-state index in [2.05, 4.69) is 42.8 Å². The molecule has 6 nitrogen and oxygen atoms in total. The molecule has 0 radical (unpaired) electrons. The fraction of sp³-hybridized carbons (Fsp3) is 0.167. The Balaban J connectivity index is 1.96. The highest BCUT2D eigenvalue weighted by Gasteiger charge is 2.12. The summed E-state index contributed by atoms with van der Waals surface area (Å²) in [5.74, 6) is -0.412. The van der Waals surface area contributed by atoms with Gasteiger partial charge in [-0.3, -0.25) is 14.9 Å². The zero-order valence-corrected chi connectivity index (χ0v) is 14.6. The second kappa shape index (κ2) is 7.71. The molecule has 0 atom stereocenters. The number of nitrogens with one attached hydrogen (secondary N) is 1. The maximum absolute atomic E-state index is 12.0. The second-order valence-corrected chi connectivity index (χ2v) is 7.15. The van der Waals surface area contributed by atoms with Crippen molar-refractivity contribution >= 4 is 62.7 Å². The number of halogens is 1. The lowest BCUT2D eigenvalue weighted by Crippen LogP contribution is -2.11. The highest BCUT2D eigenvalue weighted by atomic mass is 127. The zero-order chi connectivity index (χ0) is 15.2. The van der Waals surface area contributed by atoms with Gasteiger partial charge in [0.25, 0.3) is 5.91 Å². The first-order chi connectivity index (χ1) is 10.1. The molecule has 0 saturated carbocycles. The largest absolute Gasteiger partial charge is 0.468 e. The first kappa shape index (κ1) is 16.2. The van der Waals surface area contributed by atoms with E-state index in [4.69, 9.17) is 0 Å². The maximum atomic E-state index is 12.0. The summed E-state index contributed by atoms with van der Waals surface area (Å²) in [7, 11) is 1.33. The van der Waals surface area contributed by atoms with Crippen LogP contribution >= 0.6 is 45.7 Å². The number of thioether (sulfide) groups is 1. The highest BCUT2D eigenvalue weighted by Crippen LogP contribution is 2.25. The van der Waals surface area contributed by atoms with Gasteiger partial charge in [0.1, 0.15) is 0 Å². The molecule has 0 aliphatic rings. The van der Waals surface area contributed by atoms with E-state index < -0.39 is 0 Å². The van der Waals surface area contributed by atoms with Crippen LogP contribution in [-0.4, -0.2) is 34.9 Å². The topological polar surface area (TPSA) is 81.2 Å². The zero-order valence-electron chi connectivity index (χ0n) is 10.8. The number of methoxy groups -OCH3 is 1. The van der Waals surface area contributed by atoms with Gasteiger partial charge in [-0.2, -0.15) is 0 Å². The molecular formula is C12H10IN3O3S2. The van der Waals surface area contributed by atoms with Gasteiger partial charge in [-0.1, -0.05) is 29.2 Å². The van der Waals surface area contributed by atoms with Gasteiger partial charge in [0.05, 0.1) is 12.9 Å². The van der Waals surface area contributed by atoms with Gasteiger partial charge in [0.15, 0.2) is 4.34 Å². The lowest BCUT2D eigenvalue weighted by Gasteiger charge is -2.01. The number of benzene rings is 1. The smallest absolute Gasteiger partial charge is 0.316 e. The van der Waals surface area contributed by atoms with E-state index in [1.54, 1.807) is 12.1 Å². The fourth-order valence-electron chi connectivity index (χ4n) is 1.30. The second-order valence-electron chi connectivity index (χ2n) is 3.70. The van der Waals surface area contributed by atoms with Gasteiger partial charge >= 0.3 is 5.97 Å². The van der Waals surface area contributed by atoms with Crippen LogP contribution in [0.1, 0.15) is 10.4 Å². The number of carbonyl (C=O) groups is 2. The lowest BCUT2D eigenvalue weighted by molar-refractivity contribution is -0.137. The molecule has 2 aromatic rings. The summed E-state index contributed by atoms with van der Waals surface area (Å²) in [5, 5.41) is 10.8. The van der Waals surface area contributed by atoms with Crippen LogP contribution in [0.2, 0.25) is 0 Å². The van der Waals surface area contributed by atoms with Gasteiger partial charge in [-0.05, 0) is 40.8 Å². The van der Waals surface area contributed by atoms with Crippen LogP contribution in [0.5, 0.6) is 0 Å². The van der Waals surface area contributed by atoms with Gasteiger partial charge in [-0.25, -0.2) is 0 Å². The fourth-order valence-corrected chi connectivity index (χ4v) is 3.42. The van der Waals surface area contributed by atoms with Crippen molar-refractivity contribution in [3.63, 3.8) is 0 Å². The summed E-state index contributed by atoms with van der Waals surface area (Å²) in [5.41, 5.74) is 0.556. The predicted molar refractivity (Wildman–Crippen MR) is 89.8 cm³/mol. The van der Waals surface area contributed by atoms with Crippen molar-refractivity contribution < 1.29 is 14.3 Å². The van der Waals surface area contributed by atoms with Crippen LogP contribution < -0.4 is 5.32 Å². The molecule has 0 spiro atoms. The third kappa shape index (κ3) is 4.93. The monoisotopic (exact) mass is 435 g/mol. The summed E-state index contributed by atoms with van der Waals surface area (Å²) in [6, 6.07) is 7.23. The van der Waals surface area contributed by atoms with Crippen LogP contribution in [0.15, 0.2) is 28.6 Å². The van der Waals surface area contributed by atoms with E-state index >= 15 is 0 Å². The van der Waals surface area contributed by atoms with Crippen LogP contribution in [0.4, 0.5) is 5.13 Å². The minimum Gasteiger partial charge on any atom is -0.468 e. The molecule has 2 rings (SSSR count). The molecular weight excluding hydrogens is 425 g/mol. The molecule has 1 aromatic heterocycles. The minimum atomic E-state index is -0.334. The van der Waals surface area contributed by atoms with E-state index in [9.17, 15) is 9.59 Å². The highest BCUT2D eigenvalue weighted by molar-refractivity contribution is 14.1. The van der Waals surface area contributed by atoms with Crippen molar-refractivity contribution in [2.24, 2.45) is 0 Å². The molecule has 21 heavy (non-hydrogen) atoms. The summed E-state index contributed by atoms with van der Waals surface area (Å²) in [6.45, 7) is 0. The number of amides is 1. The van der Waals surface area contributed by atoms with E-state index in [1.165, 1.54) is 30.2 Å². The van der Waals surface area contributed by atoms with Crippen molar-refractivity contribution in [2.75, 3.05) is 18.2 Å². The Hall–Kier alpha value is -1.20. The van der Waals surface area contributed by atoms with Crippen LogP contribution in [0, 0.1) is 3.57 Å². The number of hydrogen-bond acceptors (Lipinski definition) is 7. The number of ether oxygens (including phenoxy) is 1. The Bertz CT molecular complexity index is 663. The molecule has 1 amide bonds. The summed E-state index contributed by atoms with van der Waals surface area (Å²) in [6.07, 6.45) is 0. The molecule has 1 heterocycles. The number of aromatic nitrogens is 2. The molecule has 0 aliphatic heterocycles. The molecule has 9 heteroatoms. The Morgan fingerprint density at radius 1 is 1.43 bits per heavy atom. The molecule has 1 aromatic carbocycles. The van der Waals surface area contributed by atoms with E-state index in [1.807, 2.05) is 12.1 Å². The number of esters is 1. The first-order valence-corrected chi connectivity index (χ1v) is 8.56. The van der Waals surface area contributed by atoms with Crippen LogP contribution in [-0.2, 0) is 9.53 Å². The molecule has 0 saturated heterocycles. The molecule has 1 N–H and O–H groups in total. The summed E-state index contributed by atoms with van der Waals surface area (Å²) < 4.78 is 6.11. The van der Waals surface area contributed by atoms with E-state index in [-0.39, 0.29) is 17.6 Å². The lowest BCUT2D eigenvalue weighted by atomic mass is 10.2. The minimum absolute atomic E-state index is 0.163. The van der Waals surface area contributed by atoms with Crippen molar-refractivity contribution in [2.45, 2.75) is 4.34 Å². The van der Waals surface area contributed by atoms with Gasteiger partial charge in [0.2, 0.25) is 5.13 Å². The molecule has 110 valence electrons. The quantitative estimate of drug-likeness (QED) is 0.337. The van der Waals surface area contributed by atoms with Crippen molar-refractivity contribution in [1.82, 2.24) is 10.2 Å². The van der Waals surface area contributed by atoms with Gasteiger partial charge in [-0.15, -0.1) is 10.2 Å². The summed E-state index contributed by atoms with van der Waals surface area (Å²) >= 11 is 4.57. The number of rotatable bonds is 5. The molecule has 0 aliphatic carbocycles. The Morgan fingerprint density at radius 2 is 2.24 bits per heavy atom. The molecule has 0 bridgehead atoms. The van der Waals surface area contributed by atoms with Gasteiger partial charge < -0.3 is 4.74 Å². The van der Waals surface area contributed by atoms with Crippen LogP contribution in [0.25, 0.3) is 0 Å². The van der Waals surface area contributed by atoms with Crippen molar-refractivity contribution in [3.05, 3.63) is 33.4 Å². The predicted octanol–water partition coefficient (Wildman–Crippen LogP) is 2.66. The number of anilines is 1. The molecule has 0 unspecified atom stereocenters. The third-order valence-corrected chi connectivity index (χ3v) is 4.87. The normalized spacial score (nSPS) is 10.2. The number of carbonyl (C=O) groups excluding carboxylic acids is 2. The summed E-state index contributed by atoms with van der Waals surface area (Å²) in [4.78, 5) is 23.1. The maximum Gasteiger partial charge on any atom is 0.316 e. The van der Waals surface area contributed by atoms with Gasteiger partial charge in [0, 0.05) is 9.13 Å². The van der Waals surface area contributed by atoms with E-state index in [0.29, 0.717) is 15.0 Å². The van der Waals surface area contributed by atoms with Crippen molar-refractivity contribution in [3.8, 4) is 0 Å². The standard InChI is InChI=1S/C12H10IN3O3S2/c1-19-9(17)6-20-12-16-15-11(21-12)14-10(18)7-3-2-4-8(13)5-7/h2-5H,6H2,1H3,(H,14,15,18). The van der Waals surface area contributed by atoms with Crippen molar-refractivity contribution in [1.29, 1.82) is 0 Å². The Morgan fingerprint density at radius 3 is 2.95 bits per heavy atom. The average molecular weight is 435 g/mol. The first-order valence-electron chi connectivity index (χ1n) is 5.68. The Kier molecular flexibility index (Phi) is 5.94. The third-order valence-electron chi connectivity index (χ3n) is 2.25.